The van der Waals surface area contributed by atoms with E-state index in [9.17, 15) is 19.5 Å². The van der Waals surface area contributed by atoms with Crippen LogP contribution in [-0.2, 0) is 33.3 Å². The summed E-state index contributed by atoms with van der Waals surface area (Å²) in [6, 6.07) is 0. The fraction of sp³-hybridized carbons (Fsp3) is 0.882. The third-order valence-corrected chi connectivity index (χ3v) is 16.9. The van der Waals surface area contributed by atoms with Gasteiger partial charge in [-0.3, -0.25) is 9.59 Å². The number of rotatable bonds is 70. The molecule has 9 heteroatoms. The molecule has 0 aliphatic rings. The van der Waals surface area contributed by atoms with Gasteiger partial charge in [0, 0.05) is 12.8 Å². The van der Waals surface area contributed by atoms with E-state index in [1.165, 1.54) is 283 Å². The molecule has 0 N–H and O–H groups in total. The molecule has 500 valence electrons. The number of carbonyl (C=O) groups is 3. The van der Waals surface area contributed by atoms with Crippen LogP contribution in [0.1, 0.15) is 373 Å². The first-order chi connectivity index (χ1) is 41.6. The van der Waals surface area contributed by atoms with E-state index in [0.29, 0.717) is 23.9 Å². The lowest BCUT2D eigenvalue weighted by atomic mass is 10.0. The molecule has 0 spiro atoms. The van der Waals surface area contributed by atoms with E-state index in [1.54, 1.807) is 0 Å². The summed E-state index contributed by atoms with van der Waals surface area (Å²) in [6.45, 7) is 4.79. The molecule has 2 unspecified atom stereocenters. The number of hydrogen-bond acceptors (Lipinski definition) is 8. The SMILES string of the molecule is CCCCCCC/C=C\C/C=C\C/C=C\CCCCCCCCCCC(=O)OC(COC(=O)CCCCCCCCCCCCCCCCCCCCCCCCCCCCCCCCCCCCCCC)COC(OCC[N+](C)(C)C)C(=O)[O-]. The molecule has 0 radical (unpaired) electrons. The molecule has 0 bridgehead atoms. The number of carboxylic acid groups (broad SMARTS) is 1. The van der Waals surface area contributed by atoms with Gasteiger partial charge in [-0.2, -0.15) is 0 Å². The van der Waals surface area contributed by atoms with Crippen LogP contribution >= 0.6 is 0 Å². The van der Waals surface area contributed by atoms with Gasteiger partial charge >= 0.3 is 11.9 Å². The highest BCUT2D eigenvalue weighted by atomic mass is 16.7. The van der Waals surface area contributed by atoms with E-state index in [4.69, 9.17) is 18.9 Å². The number of nitrogens with zero attached hydrogens (tertiary/aromatic N) is 1. The number of allylic oxidation sites excluding steroid dienone is 6. The molecule has 0 fully saturated rings. The van der Waals surface area contributed by atoms with Crippen LogP contribution in [0.15, 0.2) is 36.5 Å². The van der Waals surface area contributed by atoms with E-state index >= 15 is 0 Å². The van der Waals surface area contributed by atoms with Crippen LogP contribution in [-0.4, -0.2) is 82.3 Å². The molecule has 0 saturated carbocycles. The van der Waals surface area contributed by atoms with Gasteiger partial charge in [0.15, 0.2) is 12.4 Å². The number of esters is 2. The smallest absolute Gasteiger partial charge is 0.306 e. The van der Waals surface area contributed by atoms with Crippen LogP contribution in [0, 0.1) is 0 Å². The third-order valence-electron chi connectivity index (χ3n) is 16.9. The van der Waals surface area contributed by atoms with Crippen LogP contribution in [0.5, 0.6) is 0 Å². The number of ether oxygens (including phenoxy) is 4. The summed E-state index contributed by atoms with van der Waals surface area (Å²) in [5, 5.41) is 11.8. The Hall–Kier alpha value is -2.49. The highest BCUT2D eigenvalue weighted by molar-refractivity contribution is 5.70. The summed E-state index contributed by atoms with van der Waals surface area (Å²) in [4.78, 5) is 37.5. The van der Waals surface area contributed by atoms with Crippen molar-refractivity contribution in [1.29, 1.82) is 0 Å². The predicted octanol–water partition coefficient (Wildman–Crippen LogP) is 21.8. The molecule has 0 aromatic rings. The first-order valence-electron chi connectivity index (χ1n) is 37.1. The van der Waals surface area contributed by atoms with Crippen molar-refractivity contribution in [2.75, 3.05) is 47.5 Å². The summed E-state index contributed by atoms with van der Waals surface area (Å²) in [7, 11) is 5.94. The van der Waals surface area contributed by atoms with Crippen LogP contribution in [0.4, 0.5) is 0 Å². The van der Waals surface area contributed by atoms with Crippen molar-refractivity contribution in [2.45, 2.75) is 386 Å². The highest BCUT2D eigenvalue weighted by Crippen LogP contribution is 2.19. The molecular weight excluding hydrogens is 1050 g/mol. The molecule has 0 saturated heterocycles. The van der Waals surface area contributed by atoms with Crippen molar-refractivity contribution in [3.8, 4) is 0 Å². The number of carboxylic acids is 1. The lowest BCUT2D eigenvalue weighted by Crippen LogP contribution is -2.44. The molecule has 0 aliphatic heterocycles. The first kappa shape index (κ1) is 82.5. The number of quaternary nitrogens is 1. The van der Waals surface area contributed by atoms with Crippen LogP contribution in [0.3, 0.4) is 0 Å². The molecule has 0 aliphatic carbocycles. The summed E-state index contributed by atoms with van der Waals surface area (Å²) < 4.78 is 22.8. The Bertz CT molecular complexity index is 1490. The minimum absolute atomic E-state index is 0.148. The van der Waals surface area contributed by atoms with Crippen molar-refractivity contribution >= 4 is 17.9 Å². The van der Waals surface area contributed by atoms with E-state index < -0.39 is 24.3 Å². The molecule has 0 heterocycles. The summed E-state index contributed by atoms with van der Waals surface area (Å²) in [5.74, 6) is -2.27. The lowest BCUT2D eigenvalue weighted by molar-refractivity contribution is -0.870. The van der Waals surface area contributed by atoms with Gasteiger partial charge in [-0.05, 0) is 51.4 Å². The summed E-state index contributed by atoms with van der Waals surface area (Å²) >= 11 is 0. The Balaban J connectivity index is 3.98. The van der Waals surface area contributed by atoms with Crippen molar-refractivity contribution in [3.05, 3.63) is 36.5 Å². The number of hydrogen-bond donors (Lipinski definition) is 0. The van der Waals surface area contributed by atoms with Crippen molar-refractivity contribution in [1.82, 2.24) is 0 Å². The average molecular weight is 1200 g/mol. The normalized spacial score (nSPS) is 12.8. The number of aliphatic carboxylic acids is 1. The molecule has 0 aromatic carbocycles. The minimum atomic E-state index is -1.62. The van der Waals surface area contributed by atoms with Crippen molar-refractivity contribution in [2.24, 2.45) is 0 Å². The first-order valence-corrected chi connectivity index (χ1v) is 37.1. The Morgan fingerprint density at radius 2 is 0.635 bits per heavy atom. The molecule has 0 amide bonds. The molecule has 85 heavy (non-hydrogen) atoms. The van der Waals surface area contributed by atoms with Gasteiger partial charge in [-0.25, -0.2) is 0 Å². The average Bonchev–Trinajstić information content (AvgIpc) is 3.49. The predicted molar refractivity (Wildman–Crippen MR) is 362 cm³/mol. The molecular formula is C76H143NO8. The maximum absolute atomic E-state index is 12.9. The quantitative estimate of drug-likeness (QED) is 0.0195. The Morgan fingerprint density at radius 3 is 0.941 bits per heavy atom. The monoisotopic (exact) mass is 1200 g/mol. The third kappa shape index (κ3) is 68.9. The molecule has 2 atom stereocenters. The second-order valence-corrected chi connectivity index (χ2v) is 26.6. The van der Waals surface area contributed by atoms with E-state index in [1.807, 2.05) is 21.1 Å². The minimum Gasteiger partial charge on any atom is -0.545 e. The lowest BCUT2D eigenvalue weighted by Gasteiger charge is -2.26. The standard InChI is InChI=1S/C76H143NO8/c1-6-8-10-12-14-16-18-20-22-24-26-28-30-31-32-33-34-35-36-37-38-39-40-41-42-43-45-46-48-50-52-54-56-58-60-62-64-66-73(78)83-70-72(71-84-76(75(80)81)82-69-68-77(3,4)5)85-74(79)67-65-63-61-59-57-55-53-51-49-47-44-29-27-25-23-21-19-17-15-13-11-9-7-2/h19,21,25,27,44,47,72,76H,6-18,20,22-24,26,28-43,45-46,48-71H2,1-5H3/b21-19-,27-25-,47-44-. The summed E-state index contributed by atoms with van der Waals surface area (Å²) in [5.41, 5.74) is 0. The van der Waals surface area contributed by atoms with Crippen molar-refractivity contribution < 1.29 is 42.9 Å². The second-order valence-electron chi connectivity index (χ2n) is 26.6. The van der Waals surface area contributed by atoms with Crippen molar-refractivity contribution in [3.63, 3.8) is 0 Å². The van der Waals surface area contributed by atoms with Gasteiger partial charge < -0.3 is 33.3 Å². The number of unbranched alkanes of at least 4 members (excludes halogenated alkanes) is 49. The molecule has 0 rings (SSSR count). The van der Waals surface area contributed by atoms with Gasteiger partial charge in [0.25, 0.3) is 0 Å². The summed E-state index contributed by atoms with van der Waals surface area (Å²) in [6.07, 6.45) is 82.6. The number of likely N-dealkylation sites (N-methyl/N-ethyl adjacent to an activating group) is 1. The Labute approximate surface area is 528 Å². The van der Waals surface area contributed by atoms with Crippen LogP contribution < -0.4 is 5.11 Å². The van der Waals surface area contributed by atoms with Gasteiger partial charge in [-0.15, -0.1) is 0 Å². The highest BCUT2D eigenvalue weighted by Gasteiger charge is 2.22. The molecule has 9 nitrogen and oxygen atoms in total. The van der Waals surface area contributed by atoms with Crippen LogP contribution in [0.25, 0.3) is 0 Å². The maximum atomic E-state index is 12.9. The van der Waals surface area contributed by atoms with Gasteiger partial charge in [0.1, 0.15) is 13.2 Å². The topological polar surface area (TPSA) is 111 Å². The zero-order valence-electron chi connectivity index (χ0n) is 57.3. The second kappa shape index (κ2) is 67.4. The van der Waals surface area contributed by atoms with Gasteiger partial charge in [0.05, 0.1) is 40.3 Å². The number of carbonyl (C=O) groups excluding carboxylic acids is 3. The zero-order chi connectivity index (χ0) is 61.9. The van der Waals surface area contributed by atoms with Crippen LogP contribution in [0.2, 0.25) is 0 Å². The van der Waals surface area contributed by atoms with Gasteiger partial charge in [0.2, 0.25) is 0 Å². The Morgan fingerprint density at radius 1 is 0.353 bits per heavy atom. The zero-order valence-corrected chi connectivity index (χ0v) is 57.3. The van der Waals surface area contributed by atoms with Gasteiger partial charge in [-0.1, -0.05) is 346 Å². The molecule has 0 aromatic heterocycles. The van der Waals surface area contributed by atoms with E-state index in [2.05, 4.69) is 50.3 Å². The van der Waals surface area contributed by atoms with E-state index in [0.717, 1.165) is 57.8 Å². The fourth-order valence-corrected chi connectivity index (χ4v) is 11.2. The maximum Gasteiger partial charge on any atom is 0.306 e. The largest absolute Gasteiger partial charge is 0.545 e. The van der Waals surface area contributed by atoms with E-state index in [-0.39, 0.29) is 32.2 Å². The fourth-order valence-electron chi connectivity index (χ4n) is 11.2. The Kier molecular flexibility index (Phi) is 65.5.